The smallest absolute Gasteiger partial charge is 0.239 e. The normalized spacial score (nSPS) is 22.3. The Morgan fingerprint density at radius 2 is 1.96 bits per heavy atom. The van der Waals surface area contributed by atoms with Gasteiger partial charge < -0.3 is 25.8 Å². The number of hydrogen-bond donors (Lipinski definition) is 3. The number of methoxy groups -OCH3 is 1. The highest BCUT2D eigenvalue weighted by Crippen LogP contribution is 2.29. The molecule has 23 heavy (non-hydrogen) atoms. The van der Waals surface area contributed by atoms with Crippen molar-refractivity contribution in [3.63, 3.8) is 0 Å². The van der Waals surface area contributed by atoms with Crippen LogP contribution >= 0.6 is 0 Å². The van der Waals surface area contributed by atoms with Crippen molar-refractivity contribution in [3.8, 4) is 0 Å². The standard InChI is InChI=1S/C15H27N3O5/c1-9(2)5-11(13(20)15(3)8-23-15)18-12(19)6-17-14(21)10(16)7-22-4/h9-11H,5-8,16H2,1-4H3,(H,17,21)(H,18,19)/t10-,11-,15+/m0/s1. The summed E-state index contributed by atoms with van der Waals surface area (Å²) in [6, 6.07) is -1.46. The molecule has 0 aromatic rings. The summed E-state index contributed by atoms with van der Waals surface area (Å²) in [7, 11) is 1.43. The zero-order valence-corrected chi connectivity index (χ0v) is 14.2. The van der Waals surface area contributed by atoms with Crippen molar-refractivity contribution < 1.29 is 23.9 Å². The van der Waals surface area contributed by atoms with Crippen LogP contribution in [0, 0.1) is 5.92 Å². The van der Waals surface area contributed by atoms with Crippen LogP contribution < -0.4 is 16.4 Å². The van der Waals surface area contributed by atoms with Gasteiger partial charge in [-0.25, -0.2) is 0 Å². The number of nitrogens with two attached hydrogens (primary N) is 1. The summed E-state index contributed by atoms with van der Waals surface area (Å²) in [5.74, 6) is -0.823. The van der Waals surface area contributed by atoms with Crippen molar-refractivity contribution in [1.29, 1.82) is 0 Å². The Morgan fingerprint density at radius 1 is 1.35 bits per heavy atom. The number of rotatable bonds is 10. The Hall–Kier alpha value is -1.51. The third kappa shape index (κ3) is 6.25. The molecule has 0 saturated carbocycles. The Balaban J connectivity index is 2.50. The van der Waals surface area contributed by atoms with Gasteiger partial charge in [0.1, 0.15) is 11.6 Å². The molecular formula is C15H27N3O5. The second-order valence-electron chi connectivity index (χ2n) is 6.41. The Morgan fingerprint density at radius 3 is 2.43 bits per heavy atom. The van der Waals surface area contributed by atoms with Gasteiger partial charge in [-0.05, 0) is 19.3 Å². The summed E-state index contributed by atoms with van der Waals surface area (Å²) in [6.45, 7) is 5.84. The summed E-state index contributed by atoms with van der Waals surface area (Å²) in [5, 5.41) is 5.09. The Labute approximate surface area is 136 Å². The molecule has 1 heterocycles. The topological polar surface area (TPSA) is 123 Å². The van der Waals surface area contributed by atoms with E-state index in [0.29, 0.717) is 13.0 Å². The molecule has 0 aromatic heterocycles. The minimum Gasteiger partial charge on any atom is -0.383 e. The van der Waals surface area contributed by atoms with Gasteiger partial charge in [-0.15, -0.1) is 0 Å². The van der Waals surface area contributed by atoms with Gasteiger partial charge >= 0.3 is 0 Å². The first-order valence-electron chi connectivity index (χ1n) is 7.69. The Bertz CT molecular complexity index is 448. The number of nitrogens with one attached hydrogen (secondary N) is 2. The van der Waals surface area contributed by atoms with Gasteiger partial charge in [-0.2, -0.15) is 0 Å². The van der Waals surface area contributed by atoms with Crippen LogP contribution in [0.5, 0.6) is 0 Å². The fraction of sp³-hybridized carbons (Fsp3) is 0.800. The van der Waals surface area contributed by atoms with E-state index in [2.05, 4.69) is 10.6 Å². The van der Waals surface area contributed by atoms with E-state index in [1.54, 1.807) is 6.92 Å². The van der Waals surface area contributed by atoms with Crippen molar-refractivity contribution in [2.75, 3.05) is 26.9 Å². The van der Waals surface area contributed by atoms with Crippen LogP contribution in [0.2, 0.25) is 0 Å². The molecule has 8 heteroatoms. The number of ether oxygens (including phenoxy) is 2. The lowest BCUT2D eigenvalue weighted by Crippen LogP contribution is -2.51. The van der Waals surface area contributed by atoms with E-state index in [4.69, 9.17) is 15.2 Å². The summed E-state index contributed by atoms with van der Waals surface area (Å²) < 4.78 is 9.93. The van der Waals surface area contributed by atoms with Gasteiger partial charge in [-0.1, -0.05) is 13.8 Å². The van der Waals surface area contributed by atoms with Gasteiger partial charge in [0.05, 0.1) is 25.8 Å². The predicted molar refractivity (Wildman–Crippen MR) is 83.6 cm³/mol. The zero-order chi connectivity index (χ0) is 17.6. The lowest BCUT2D eigenvalue weighted by atomic mass is 9.93. The predicted octanol–water partition coefficient (Wildman–Crippen LogP) is -1.03. The van der Waals surface area contributed by atoms with E-state index in [1.807, 2.05) is 13.8 Å². The van der Waals surface area contributed by atoms with Crippen LogP contribution in [0.4, 0.5) is 0 Å². The first-order valence-corrected chi connectivity index (χ1v) is 7.69. The van der Waals surface area contributed by atoms with E-state index in [1.165, 1.54) is 7.11 Å². The van der Waals surface area contributed by atoms with E-state index in [0.717, 1.165) is 0 Å². The second kappa shape index (κ2) is 8.37. The summed E-state index contributed by atoms with van der Waals surface area (Å²) in [5.41, 5.74) is 4.76. The van der Waals surface area contributed by atoms with Crippen LogP contribution in [-0.4, -0.2) is 62.2 Å². The molecule has 0 spiro atoms. The molecule has 1 saturated heterocycles. The molecular weight excluding hydrogens is 302 g/mol. The molecule has 1 rings (SSSR count). The van der Waals surface area contributed by atoms with Crippen LogP contribution in [0.1, 0.15) is 27.2 Å². The minimum absolute atomic E-state index is 0.0671. The van der Waals surface area contributed by atoms with Crippen LogP contribution in [-0.2, 0) is 23.9 Å². The van der Waals surface area contributed by atoms with Gasteiger partial charge in [0.15, 0.2) is 5.78 Å². The van der Waals surface area contributed by atoms with Gasteiger partial charge in [0, 0.05) is 7.11 Å². The molecule has 132 valence electrons. The molecule has 0 aromatic carbocycles. The van der Waals surface area contributed by atoms with Crippen LogP contribution in [0.25, 0.3) is 0 Å². The number of amides is 2. The fourth-order valence-corrected chi connectivity index (χ4v) is 2.12. The molecule has 1 aliphatic rings. The van der Waals surface area contributed by atoms with Crippen molar-refractivity contribution in [1.82, 2.24) is 10.6 Å². The molecule has 8 nitrogen and oxygen atoms in total. The van der Waals surface area contributed by atoms with E-state index >= 15 is 0 Å². The summed E-state index contributed by atoms with van der Waals surface area (Å²) >= 11 is 0. The van der Waals surface area contributed by atoms with Gasteiger partial charge in [-0.3, -0.25) is 14.4 Å². The molecule has 1 aliphatic heterocycles. The largest absolute Gasteiger partial charge is 0.383 e. The first kappa shape index (κ1) is 19.5. The number of epoxide rings is 1. The number of carbonyl (C=O) groups is 3. The van der Waals surface area contributed by atoms with Crippen LogP contribution in [0.15, 0.2) is 0 Å². The van der Waals surface area contributed by atoms with E-state index < -0.39 is 29.5 Å². The average Bonchev–Trinajstić information content (AvgIpc) is 3.22. The quantitative estimate of drug-likeness (QED) is 0.440. The molecule has 0 unspecified atom stereocenters. The molecule has 3 atom stereocenters. The lowest BCUT2D eigenvalue weighted by molar-refractivity contribution is -0.131. The van der Waals surface area contributed by atoms with Gasteiger partial charge in [0.25, 0.3) is 0 Å². The number of Topliss-reactive ketones (excluding diaryl/α,β-unsaturated/α-hetero) is 1. The number of hydrogen-bond acceptors (Lipinski definition) is 6. The fourth-order valence-electron chi connectivity index (χ4n) is 2.12. The number of ketones is 1. The molecule has 2 amide bonds. The average molecular weight is 329 g/mol. The molecule has 0 aliphatic carbocycles. The maximum atomic E-state index is 12.4. The highest BCUT2D eigenvalue weighted by atomic mass is 16.6. The molecule has 0 bridgehead atoms. The summed E-state index contributed by atoms with van der Waals surface area (Å²) in [4.78, 5) is 36.0. The highest BCUT2D eigenvalue weighted by Gasteiger charge is 2.50. The maximum absolute atomic E-state index is 12.4. The highest BCUT2D eigenvalue weighted by molar-refractivity contribution is 5.97. The van der Waals surface area contributed by atoms with Crippen LogP contribution in [0.3, 0.4) is 0 Å². The van der Waals surface area contributed by atoms with E-state index in [-0.39, 0.29) is 24.9 Å². The third-order valence-corrected chi connectivity index (χ3v) is 3.56. The summed E-state index contributed by atoms with van der Waals surface area (Å²) in [6.07, 6.45) is 0.515. The molecule has 4 N–H and O–H groups in total. The zero-order valence-electron chi connectivity index (χ0n) is 14.2. The van der Waals surface area contributed by atoms with Crippen molar-refractivity contribution in [2.45, 2.75) is 44.9 Å². The molecule has 1 fully saturated rings. The third-order valence-electron chi connectivity index (χ3n) is 3.56. The first-order chi connectivity index (χ1) is 10.7. The SMILES string of the molecule is COC[C@H](N)C(=O)NCC(=O)N[C@@H](CC(C)C)C(=O)[C@@]1(C)CO1. The van der Waals surface area contributed by atoms with Gasteiger partial charge in [0.2, 0.25) is 11.8 Å². The number of carbonyl (C=O) groups excluding carboxylic acids is 3. The van der Waals surface area contributed by atoms with E-state index in [9.17, 15) is 14.4 Å². The monoisotopic (exact) mass is 329 g/mol. The van der Waals surface area contributed by atoms with Crippen molar-refractivity contribution in [2.24, 2.45) is 11.7 Å². The lowest BCUT2D eigenvalue weighted by Gasteiger charge is -2.21. The van der Waals surface area contributed by atoms with Crippen molar-refractivity contribution in [3.05, 3.63) is 0 Å². The Kier molecular flexibility index (Phi) is 7.11. The maximum Gasteiger partial charge on any atom is 0.239 e. The second-order valence-corrected chi connectivity index (χ2v) is 6.41. The van der Waals surface area contributed by atoms with Crippen molar-refractivity contribution >= 4 is 17.6 Å². The molecule has 0 radical (unpaired) electrons. The minimum atomic E-state index is -0.834.